The normalized spacial score (nSPS) is 18.9. The van der Waals surface area contributed by atoms with Crippen LogP contribution in [0.3, 0.4) is 0 Å². The summed E-state index contributed by atoms with van der Waals surface area (Å²) < 4.78 is 5.86. The van der Waals surface area contributed by atoms with E-state index < -0.39 is 4.92 Å². The third kappa shape index (κ3) is 4.24. The molecule has 3 rings (SSSR count). The highest BCUT2D eigenvalue weighted by Gasteiger charge is 2.47. The van der Waals surface area contributed by atoms with Crippen LogP contribution in [-0.4, -0.2) is 27.8 Å². The molecule has 0 aromatic heterocycles. The van der Waals surface area contributed by atoms with Crippen LogP contribution in [0.15, 0.2) is 53.4 Å². The number of non-ortho nitro benzene ring substituents is 1. The van der Waals surface area contributed by atoms with Gasteiger partial charge in [-0.15, -0.1) is 11.8 Å². The van der Waals surface area contributed by atoms with Gasteiger partial charge < -0.3 is 4.74 Å². The second kappa shape index (κ2) is 8.43. The lowest BCUT2D eigenvalue weighted by Crippen LogP contribution is -2.60. The molecule has 0 bridgehead atoms. The average Bonchev–Trinajstić information content (AvgIpc) is 2.67. The minimum Gasteiger partial charge on any atom is -0.473 e. The number of carbonyl (C=O) groups excluding carboxylic acids is 1. The van der Waals surface area contributed by atoms with Crippen LogP contribution in [0.2, 0.25) is 0 Å². The van der Waals surface area contributed by atoms with E-state index in [9.17, 15) is 14.9 Å². The van der Waals surface area contributed by atoms with Gasteiger partial charge in [0.05, 0.1) is 16.2 Å². The predicted octanol–water partition coefficient (Wildman–Crippen LogP) is 4.62. The molecule has 1 heterocycles. The summed E-state index contributed by atoms with van der Waals surface area (Å²) in [4.78, 5) is 25.6. The number of nitro groups is 1. The van der Waals surface area contributed by atoms with Gasteiger partial charge in [-0.05, 0) is 37.1 Å². The molecular weight excluding hydrogens is 364 g/mol. The van der Waals surface area contributed by atoms with Gasteiger partial charge in [0, 0.05) is 17.0 Å². The number of carbonyl (C=O) groups is 1. The fourth-order valence-corrected chi connectivity index (χ4v) is 4.38. The molecule has 1 aliphatic heterocycles. The van der Waals surface area contributed by atoms with Crippen molar-refractivity contribution in [3.63, 3.8) is 0 Å². The van der Waals surface area contributed by atoms with Gasteiger partial charge in [-0.1, -0.05) is 31.5 Å². The smallest absolute Gasteiger partial charge is 0.269 e. The standard InChI is InChI=1S/C20H22N2O4S/c1-3-6-17-19(23)21(13-26-18-8-5-4-7-14(18)2)20(17)27-16-11-9-15(10-12-16)22(24)25/h4-5,7-12,17,20H,3,6,13H2,1-2H3. The molecule has 0 aliphatic carbocycles. The van der Waals surface area contributed by atoms with E-state index in [0.29, 0.717) is 0 Å². The largest absolute Gasteiger partial charge is 0.473 e. The molecule has 6 nitrogen and oxygen atoms in total. The first-order valence-electron chi connectivity index (χ1n) is 8.91. The number of β-lactam (4-membered cyclic amide) rings is 1. The minimum absolute atomic E-state index is 0.0251. The van der Waals surface area contributed by atoms with Gasteiger partial charge in [0.25, 0.3) is 5.69 Å². The van der Waals surface area contributed by atoms with Gasteiger partial charge in [-0.2, -0.15) is 0 Å². The van der Waals surface area contributed by atoms with Crippen LogP contribution in [0.1, 0.15) is 25.3 Å². The Morgan fingerprint density at radius 2 is 1.89 bits per heavy atom. The molecule has 1 saturated heterocycles. The van der Waals surface area contributed by atoms with E-state index in [-0.39, 0.29) is 29.6 Å². The number of hydrogen-bond donors (Lipinski definition) is 0. The van der Waals surface area contributed by atoms with Gasteiger partial charge in [0.2, 0.25) is 5.91 Å². The summed E-state index contributed by atoms with van der Waals surface area (Å²) >= 11 is 1.55. The van der Waals surface area contributed by atoms with E-state index in [4.69, 9.17) is 4.74 Å². The Balaban J connectivity index is 1.69. The number of benzene rings is 2. The first-order valence-corrected chi connectivity index (χ1v) is 9.79. The summed E-state index contributed by atoms with van der Waals surface area (Å²) in [7, 11) is 0. The highest BCUT2D eigenvalue weighted by Crippen LogP contribution is 2.41. The molecule has 2 unspecified atom stereocenters. The van der Waals surface area contributed by atoms with Crippen molar-refractivity contribution in [2.75, 3.05) is 6.73 Å². The summed E-state index contributed by atoms with van der Waals surface area (Å²) in [5, 5.41) is 10.8. The lowest BCUT2D eigenvalue weighted by Gasteiger charge is -2.46. The molecule has 1 amide bonds. The highest BCUT2D eigenvalue weighted by molar-refractivity contribution is 8.00. The maximum absolute atomic E-state index is 12.5. The van der Waals surface area contributed by atoms with E-state index in [0.717, 1.165) is 29.1 Å². The molecule has 2 aromatic carbocycles. The fraction of sp³-hybridized carbons (Fsp3) is 0.350. The summed E-state index contributed by atoms with van der Waals surface area (Å²) in [6, 6.07) is 14.2. The Morgan fingerprint density at radius 3 is 2.52 bits per heavy atom. The third-order valence-electron chi connectivity index (χ3n) is 4.61. The Bertz CT molecular complexity index is 825. The molecule has 2 atom stereocenters. The molecule has 0 spiro atoms. The SMILES string of the molecule is CCCC1C(=O)N(COc2ccccc2C)C1Sc1ccc([N+](=O)[O-])cc1. The lowest BCUT2D eigenvalue weighted by atomic mass is 9.94. The fourth-order valence-electron chi connectivity index (χ4n) is 3.10. The van der Waals surface area contributed by atoms with Gasteiger partial charge >= 0.3 is 0 Å². The molecule has 0 saturated carbocycles. The van der Waals surface area contributed by atoms with E-state index in [1.54, 1.807) is 28.8 Å². The Hall–Kier alpha value is -2.54. The first kappa shape index (κ1) is 19.2. The third-order valence-corrected chi connectivity index (χ3v) is 5.98. The van der Waals surface area contributed by atoms with Crippen molar-refractivity contribution in [1.29, 1.82) is 0 Å². The molecule has 1 fully saturated rings. The summed E-state index contributed by atoms with van der Waals surface area (Å²) in [5.74, 6) is 0.823. The van der Waals surface area contributed by atoms with Crippen LogP contribution in [0.5, 0.6) is 5.75 Å². The zero-order valence-electron chi connectivity index (χ0n) is 15.3. The molecule has 2 aromatic rings. The maximum Gasteiger partial charge on any atom is 0.269 e. The van der Waals surface area contributed by atoms with Crippen molar-refractivity contribution in [3.05, 3.63) is 64.2 Å². The number of nitrogens with zero attached hydrogens (tertiary/aromatic N) is 2. The Morgan fingerprint density at radius 1 is 1.19 bits per heavy atom. The van der Waals surface area contributed by atoms with Crippen LogP contribution in [0.25, 0.3) is 0 Å². The van der Waals surface area contributed by atoms with Crippen LogP contribution in [0.4, 0.5) is 5.69 Å². The second-order valence-electron chi connectivity index (χ2n) is 6.50. The number of nitro benzene ring substituents is 1. The highest BCUT2D eigenvalue weighted by atomic mass is 32.2. The van der Waals surface area contributed by atoms with Crippen molar-refractivity contribution in [2.24, 2.45) is 5.92 Å². The number of para-hydroxylation sites is 1. The number of hydrogen-bond acceptors (Lipinski definition) is 5. The molecule has 142 valence electrons. The monoisotopic (exact) mass is 386 g/mol. The number of likely N-dealkylation sites (tertiary alicyclic amines) is 1. The number of rotatable bonds is 8. The Labute approximate surface area is 162 Å². The summed E-state index contributed by atoms with van der Waals surface area (Å²) in [6.45, 7) is 4.23. The first-order chi connectivity index (χ1) is 13.0. The quantitative estimate of drug-likeness (QED) is 0.376. The number of amides is 1. The number of aryl methyl sites for hydroxylation is 1. The van der Waals surface area contributed by atoms with Crippen molar-refractivity contribution in [3.8, 4) is 5.75 Å². The molecule has 1 aliphatic rings. The van der Waals surface area contributed by atoms with Crippen molar-refractivity contribution in [2.45, 2.75) is 37.0 Å². The van der Waals surface area contributed by atoms with Gasteiger partial charge in [0.1, 0.15) is 5.75 Å². The second-order valence-corrected chi connectivity index (χ2v) is 7.69. The molecule has 27 heavy (non-hydrogen) atoms. The van der Waals surface area contributed by atoms with E-state index in [1.165, 1.54) is 12.1 Å². The van der Waals surface area contributed by atoms with Gasteiger partial charge in [-0.25, -0.2) is 0 Å². The summed E-state index contributed by atoms with van der Waals surface area (Å²) in [5.41, 5.74) is 1.09. The van der Waals surface area contributed by atoms with Crippen LogP contribution in [0, 0.1) is 23.0 Å². The van der Waals surface area contributed by atoms with Crippen molar-refractivity contribution in [1.82, 2.24) is 4.90 Å². The Kier molecular flexibility index (Phi) is 6.01. The van der Waals surface area contributed by atoms with Gasteiger partial charge in [-0.3, -0.25) is 19.8 Å². The zero-order valence-corrected chi connectivity index (χ0v) is 16.1. The molecule has 0 radical (unpaired) electrons. The lowest BCUT2D eigenvalue weighted by molar-refractivity contribution is -0.384. The van der Waals surface area contributed by atoms with Crippen molar-refractivity contribution >= 4 is 23.4 Å². The molecular formula is C20H22N2O4S. The molecule has 7 heteroatoms. The maximum atomic E-state index is 12.5. The van der Waals surface area contributed by atoms with Crippen LogP contribution in [-0.2, 0) is 4.79 Å². The average molecular weight is 386 g/mol. The molecule has 0 N–H and O–H groups in total. The van der Waals surface area contributed by atoms with E-state index in [1.807, 2.05) is 31.2 Å². The minimum atomic E-state index is -0.413. The van der Waals surface area contributed by atoms with E-state index in [2.05, 4.69) is 6.92 Å². The summed E-state index contributed by atoms with van der Waals surface area (Å²) in [6.07, 6.45) is 1.75. The number of thioether (sulfide) groups is 1. The number of ether oxygens (including phenoxy) is 1. The zero-order chi connectivity index (χ0) is 19.4. The van der Waals surface area contributed by atoms with E-state index >= 15 is 0 Å². The van der Waals surface area contributed by atoms with Crippen molar-refractivity contribution < 1.29 is 14.5 Å². The van der Waals surface area contributed by atoms with Crippen LogP contribution < -0.4 is 4.74 Å². The van der Waals surface area contributed by atoms with Gasteiger partial charge in [0.15, 0.2) is 6.73 Å². The predicted molar refractivity (Wildman–Crippen MR) is 105 cm³/mol. The van der Waals surface area contributed by atoms with Crippen LogP contribution >= 0.6 is 11.8 Å². The topological polar surface area (TPSA) is 72.7 Å².